The van der Waals surface area contributed by atoms with Crippen molar-refractivity contribution in [3.63, 3.8) is 0 Å². The number of nitrogens with one attached hydrogen (secondary N) is 2. The molecule has 2 N–H and O–H groups in total. The van der Waals surface area contributed by atoms with Crippen LogP contribution in [0, 0.1) is 6.92 Å². The number of aromatic nitrogens is 3. The summed E-state index contributed by atoms with van der Waals surface area (Å²) in [5.74, 6) is 1.93. The highest BCUT2D eigenvalue weighted by Gasteiger charge is 2.19. The number of aromatic amines is 1. The molecule has 0 amide bonds. The highest BCUT2D eigenvalue weighted by molar-refractivity contribution is 5.41. The van der Waals surface area contributed by atoms with Gasteiger partial charge < -0.3 is 14.6 Å². The molecule has 7 heteroatoms. The molecule has 4 rings (SSSR count). The lowest BCUT2D eigenvalue weighted by Crippen LogP contribution is -2.20. The van der Waals surface area contributed by atoms with E-state index < -0.39 is 0 Å². The molecule has 2 aromatic heterocycles. The fourth-order valence-electron chi connectivity index (χ4n) is 2.73. The summed E-state index contributed by atoms with van der Waals surface area (Å²) >= 11 is 0. The lowest BCUT2D eigenvalue weighted by molar-refractivity contribution is 0.302. The average molecular weight is 324 g/mol. The lowest BCUT2D eigenvalue weighted by Gasteiger charge is -2.08. The van der Waals surface area contributed by atoms with E-state index in [-0.39, 0.29) is 12.2 Å². The molecule has 122 valence electrons. The van der Waals surface area contributed by atoms with E-state index in [1.54, 1.807) is 0 Å². The SMILES string of the molecule is Cc1cc(CNc2nc3c(c(=O)[nH]2)Cc2ccccc2OC3)no1. The second-order valence-electron chi connectivity index (χ2n) is 5.70. The largest absolute Gasteiger partial charge is 0.487 e. The van der Waals surface area contributed by atoms with Crippen molar-refractivity contribution in [1.29, 1.82) is 0 Å². The van der Waals surface area contributed by atoms with Gasteiger partial charge in [-0.25, -0.2) is 4.98 Å². The van der Waals surface area contributed by atoms with E-state index in [0.29, 0.717) is 30.2 Å². The third-order valence-electron chi connectivity index (χ3n) is 3.92. The van der Waals surface area contributed by atoms with Gasteiger partial charge in [0.2, 0.25) is 5.95 Å². The Hall–Kier alpha value is -3.09. The molecule has 1 aliphatic heterocycles. The third kappa shape index (κ3) is 2.76. The highest BCUT2D eigenvalue weighted by Crippen LogP contribution is 2.26. The Morgan fingerprint density at radius 2 is 2.21 bits per heavy atom. The molecule has 0 saturated heterocycles. The molecule has 0 bridgehead atoms. The van der Waals surface area contributed by atoms with E-state index in [0.717, 1.165) is 22.8 Å². The second-order valence-corrected chi connectivity index (χ2v) is 5.70. The van der Waals surface area contributed by atoms with Gasteiger partial charge >= 0.3 is 0 Å². The molecule has 0 aliphatic carbocycles. The predicted molar refractivity (Wildman–Crippen MR) is 87.0 cm³/mol. The minimum Gasteiger partial charge on any atom is -0.487 e. The minimum absolute atomic E-state index is 0.154. The summed E-state index contributed by atoms with van der Waals surface area (Å²) in [5, 5.41) is 6.96. The van der Waals surface area contributed by atoms with Gasteiger partial charge in [-0.1, -0.05) is 23.4 Å². The van der Waals surface area contributed by atoms with E-state index in [1.807, 2.05) is 37.3 Å². The number of fused-ring (bicyclic) bond motifs is 2. The van der Waals surface area contributed by atoms with Gasteiger partial charge in [0, 0.05) is 18.1 Å². The first-order valence-electron chi connectivity index (χ1n) is 7.68. The van der Waals surface area contributed by atoms with E-state index in [9.17, 15) is 4.79 Å². The Kier molecular flexibility index (Phi) is 3.53. The van der Waals surface area contributed by atoms with Crippen LogP contribution in [0.25, 0.3) is 0 Å². The molecule has 3 heterocycles. The quantitative estimate of drug-likeness (QED) is 0.767. The second kappa shape index (κ2) is 5.84. The molecule has 0 fully saturated rings. The number of nitrogens with zero attached hydrogens (tertiary/aromatic N) is 2. The molecule has 1 aromatic carbocycles. The van der Waals surface area contributed by atoms with Gasteiger partial charge in [0.25, 0.3) is 5.56 Å². The number of benzene rings is 1. The molecule has 0 saturated carbocycles. The van der Waals surface area contributed by atoms with Crippen molar-refractivity contribution in [1.82, 2.24) is 15.1 Å². The van der Waals surface area contributed by atoms with Crippen LogP contribution in [-0.4, -0.2) is 15.1 Å². The average Bonchev–Trinajstić information content (AvgIpc) is 2.90. The van der Waals surface area contributed by atoms with Gasteiger partial charge in [-0.15, -0.1) is 0 Å². The standard InChI is InChI=1S/C17H16N4O3/c1-10-6-12(21-24-10)8-18-17-19-14-9-23-15-5-3-2-4-11(15)7-13(14)16(22)20-17/h2-6H,7-9H2,1H3,(H2,18,19,20,22). The zero-order chi connectivity index (χ0) is 16.5. The van der Waals surface area contributed by atoms with Crippen molar-refractivity contribution in [3.05, 3.63) is 69.0 Å². The van der Waals surface area contributed by atoms with Crippen LogP contribution in [0.1, 0.15) is 28.3 Å². The van der Waals surface area contributed by atoms with Crippen LogP contribution in [0.5, 0.6) is 5.75 Å². The van der Waals surface area contributed by atoms with Crippen molar-refractivity contribution < 1.29 is 9.26 Å². The van der Waals surface area contributed by atoms with E-state index in [2.05, 4.69) is 20.4 Å². The van der Waals surface area contributed by atoms with E-state index >= 15 is 0 Å². The van der Waals surface area contributed by atoms with E-state index in [4.69, 9.17) is 9.26 Å². The van der Waals surface area contributed by atoms with Crippen LogP contribution in [0.2, 0.25) is 0 Å². The number of anilines is 1. The maximum absolute atomic E-state index is 12.4. The smallest absolute Gasteiger partial charge is 0.256 e. The predicted octanol–water partition coefficient (Wildman–Crippen LogP) is 2.16. The summed E-state index contributed by atoms with van der Waals surface area (Å²) in [7, 11) is 0. The van der Waals surface area contributed by atoms with Crippen LogP contribution in [0.4, 0.5) is 5.95 Å². The van der Waals surface area contributed by atoms with Crippen molar-refractivity contribution in [2.45, 2.75) is 26.5 Å². The van der Waals surface area contributed by atoms with Gasteiger partial charge in [-0.05, 0) is 18.6 Å². The molecule has 7 nitrogen and oxygen atoms in total. The topological polar surface area (TPSA) is 93.0 Å². The zero-order valence-corrected chi connectivity index (χ0v) is 13.1. The minimum atomic E-state index is -0.154. The van der Waals surface area contributed by atoms with Crippen molar-refractivity contribution in [2.75, 3.05) is 5.32 Å². The first kappa shape index (κ1) is 14.5. The summed E-state index contributed by atoms with van der Waals surface area (Å²) in [6, 6.07) is 9.54. The third-order valence-corrected chi connectivity index (χ3v) is 3.92. The molecule has 0 spiro atoms. The summed E-state index contributed by atoms with van der Waals surface area (Å²) in [6.45, 7) is 2.52. The number of rotatable bonds is 3. The number of H-pyrrole nitrogens is 1. The van der Waals surface area contributed by atoms with E-state index in [1.165, 1.54) is 0 Å². The molecule has 1 aliphatic rings. The molecule has 0 radical (unpaired) electrons. The number of hydrogen-bond donors (Lipinski definition) is 2. The monoisotopic (exact) mass is 324 g/mol. The highest BCUT2D eigenvalue weighted by atomic mass is 16.5. The van der Waals surface area contributed by atoms with Gasteiger partial charge in [-0.2, -0.15) is 0 Å². The van der Waals surface area contributed by atoms with Gasteiger partial charge in [0.05, 0.1) is 12.2 Å². The van der Waals surface area contributed by atoms with Crippen LogP contribution >= 0.6 is 0 Å². The summed E-state index contributed by atoms with van der Waals surface area (Å²) in [4.78, 5) is 19.7. The maximum Gasteiger partial charge on any atom is 0.256 e. The molecule has 3 aromatic rings. The Morgan fingerprint density at radius 1 is 1.33 bits per heavy atom. The van der Waals surface area contributed by atoms with Crippen LogP contribution in [-0.2, 0) is 19.6 Å². The van der Waals surface area contributed by atoms with Crippen molar-refractivity contribution in [3.8, 4) is 5.75 Å². The lowest BCUT2D eigenvalue weighted by atomic mass is 10.1. The summed E-state index contributed by atoms with van der Waals surface area (Å²) in [6.07, 6.45) is 0.511. The Bertz CT molecular complexity index is 945. The van der Waals surface area contributed by atoms with Gasteiger partial charge in [0.1, 0.15) is 23.8 Å². The fourth-order valence-corrected chi connectivity index (χ4v) is 2.73. The van der Waals surface area contributed by atoms with Crippen LogP contribution < -0.4 is 15.6 Å². The normalized spacial score (nSPS) is 12.7. The molecule has 0 unspecified atom stereocenters. The zero-order valence-electron chi connectivity index (χ0n) is 13.1. The Labute approximate surface area is 137 Å². The molecule has 0 atom stereocenters. The maximum atomic E-state index is 12.4. The molecular weight excluding hydrogens is 308 g/mol. The fraction of sp³-hybridized carbons (Fsp3) is 0.235. The van der Waals surface area contributed by atoms with Gasteiger partial charge in [-0.3, -0.25) is 9.78 Å². The Balaban J connectivity index is 1.60. The number of ether oxygens (including phenoxy) is 1. The van der Waals surface area contributed by atoms with Crippen molar-refractivity contribution >= 4 is 5.95 Å². The first-order chi connectivity index (χ1) is 11.7. The number of hydrogen-bond acceptors (Lipinski definition) is 6. The number of para-hydroxylation sites is 1. The van der Waals surface area contributed by atoms with Crippen LogP contribution in [0.3, 0.4) is 0 Å². The molecular formula is C17H16N4O3. The van der Waals surface area contributed by atoms with Gasteiger partial charge in [0.15, 0.2) is 0 Å². The molecule has 24 heavy (non-hydrogen) atoms. The summed E-state index contributed by atoms with van der Waals surface area (Å²) in [5.41, 5.74) is 2.87. The van der Waals surface area contributed by atoms with Crippen LogP contribution in [0.15, 0.2) is 39.6 Å². The number of aryl methyl sites for hydroxylation is 1. The first-order valence-corrected chi connectivity index (χ1v) is 7.68. The summed E-state index contributed by atoms with van der Waals surface area (Å²) < 4.78 is 10.8. The Morgan fingerprint density at radius 3 is 3.04 bits per heavy atom. The van der Waals surface area contributed by atoms with Crippen molar-refractivity contribution in [2.24, 2.45) is 0 Å².